The van der Waals surface area contributed by atoms with Crippen LogP contribution >= 0.6 is 11.3 Å². The van der Waals surface area contributed by atoms with Gasteiger partial charge in [0.1, 0.15) is 0 Å². The zero-order valence-corrected chi connectivity index (χ0v) is 19.5. The molecule has 2 saturated heterocycles. The Kier molecular flexibility index (Phi) is 6.97. The predicted octanol–water partition coefficient (Wildman–Crippen LogP) is 3.98. The summed E-state index contributed by atoms with van der Waals surface area (Å²) in [7, 11) is 4.13. The van der Waals surface area contributed by atoms with Crippen LogP contribution in [0.25, 0.3) is 10.1 Å². The minimum Gasteiger partial charge on any atom is -0.368 e. The maximum absolute atomic E-state index is 13.0. The fourth-order valence-corrected chi connectivity index (χ4v) is 5.66. The topological polar surface area (TPSA) is 30.0 Å². The lowest BCUT2D eigenvalue weighted by molar-refractivity contribution is -0.137. The molecule has 176 valence electrons. The molecule has 3 heterocycles. The van der Waals surface area contributed by atoms with Crippen LogP contribution in [0.3, 0.4) is 0 Å². The molecule has 2 aliphatic rings. The van der Waals surface area contributed by atoms with Crippen LogP contribution in [0.4, 0.5) is 18.9 Å². The molecular formula is C23H31F3N4OS. The molecule has 0 bridgehead atoms. The van der Waals surface area contributed by atoms with E-state index in [0.29, 0.717) is 17.2 Å². The molecule has 0 radical (unpaired) electrons. The third-order valence-electron chi connectivity index (χ3n) is 6.71. The number of hydrogen-bond donors (Lipinski definition) is 0. The molecule has 9 heteroatoms. The molecule has 2 fully saturated rings. The van der Waals surface area contributed by atoms with Gasteiger partial charge in [0, 0.05) is 67.2 Å². The van der Waals surface area contributed by atoms with E-state index in [-0.39, 0.29) is 5.91 Å². The van der Waals surface area contributed by atoms with Crippen molar-refractivity contribution in [1.82, 2.24) is 14.7 Å². The number of carbonyl (C=O) groups is 1. The number of piperazine rings is 1. The highest BCUT2D eigenvalue weighted by Crippen LogP contribution is 2.38. The van der Waals surface area contributed by atoms with Crippen molar-refractivity contribution < 1.29 is 18.0 Å². The number of thiophene rings is 1. The summed E-state index contributed by atoms with van der Waals surface area (Å²) < 4.78 is 39.6. The summed E-state index contributed by atoms with van der Waals surface area (Å²) in [5.41, 5.74) is 0.432. The van der Waals surface area contributed by atoms with Crippen LogP contribution in [0.2, 0.25) is 0 Å². The molecule has 32 heavy (non-hydrogen) atoms. The summed E-state index contributed by atoms with van der Waals surface area (Å²) in [6.07, 6.45) is -1.80. The molecule has 2 aromatic rings. The molecule has 0 aliphatic carbocycles. The molecule has 4 rings (SSSR count). The monoisotopic (exact) mass is 468 g/mol. The van der Waals surface area contributed by atoms with Gasteiger partial charge in [-0.05, 0) is 45.6 Å². The highest BCUT2D eigenvalue weighted by molar-refractivity contribution is 7.17. The largest absolute Gasteiger partial charge is 0.416 e. The molecule has 0 saturated carbocycles. The van der Waals surface area contributed by atoms with E-state index in [9.17, 15) is 18.0 Å². The Morgan fingerprint density at radius 3 is 2.56 bits per heavy atom. The maximum Gasteiger partial charge on any atom is 0.416 e. The van der Waals surface area contributed by atoms with E-state index in [4.69, 9.17) is 0 Å². The number of benzene rings is 1. The van der Waals surface area contributed by atoms with E-state index in [2.05, 4.69) is 28.8 Å². The average Bonchev–Trinajstić information content (AvgIpc) is 3.41. The number of rotatable bonds is 6. The predicted molar refractivity (Wildman–Crippen MR) is 123 cm³/mol. The maximum atomic E-state index is 13.0. The second-order valence-corrected chi connectivity index (χ2v) is 9.92. The van der Waals surface area contributed by atoms with Gasteiger partial charge in [-0.25, -0.2) is 0 Å². The van der Waals surface area contributed by atoms with Crippen LogP contribution in [0.15, 0.2) is 23.6 Å². The number of amides is 1. The van der Waals surface area contributed by atoms with Crippen molar-refractivity contribution in [2.75, 3.05) is 64.8 Å². The smallest absolute Gasteiger partial charge is 0.368 e. The van der Waals surface area contributed by atoms with Crippen LogP contribution in [-0.2, 0) is 11.0 Å². The van der Waals surface area contributed by atoms with E-state index >= 15 is 0 Å². The Balaban J connectivity index is 1.24. The number of carbonyl (C=O) groups excluding carboxylic acids is 1. The number of fused-ring (bicyclic) bond motifs is 1. The standard InChI is InChI=1S/C23H31F3N4OS/c1-27(2)18-7-9-30(15-18)22(31)4-3-8-28-10-12-29(13-11-28)20-16-32-21-14-17(23(24,25)26)5-6-19(20)21/h5-6,14,16,18H,3-4,7-13,15H2,1-2H3. The molecule has 1 amide bonds. The van der Waals surface area contributed by atoms with Gasteiger partial charge in [0.05, 0.1) is 11.3 Å². The van der Waals surface area contributed by atoms with Gasteiger partial charge in [-0.3, -0.25) is 9.69 Å². The fraction of sp³-hybridized carbons (Fsp3) is 0.609. The van der Waals surface area contributed by atoms with Gasteiger partial charge in [0.15, 0.2) is 0 Å². The SMILES string of the molecule is CN(C)C1CCN(C(=O)CCCN2CCN(c3csc4cc(C(F)(F)F)ccc34)CC2)C1. The van der Waals surface area contributed by atoms with Gasteiger partial charge in [0.2, 0.25) is 5.91 Å². The Morgan fingerprint density at radius 2 is 1.91 bits per heavy atom. The second kappa shape index (κ2) is 9.57. The summed E-state index contributed by atoms with van der Waals surface area (Å²) in [4.78, 5) is 21.3. The first-order valence-corrected chi connectivity index (χ1v) is 12.1. The molecule has 1 atom stereocenters. The van der Waals surface area contributed by atoms with E-state index in [1.54, 1.807) is 6.07 Å². The van der Waals surface area contributed by atoms with Crippen LogP contribution < -0.4 is 4.90 Å². The quantitative estimate of drug-likeness (QED) is 0.642. The van der Waals surface area contributed by atoms with E-state index in [0.717, 1.165) is 69.7 Å². The first-order valence-electron chi connectivity index (χ1n) is 11.2. The summed E-state index contributed by atoms with van der Waals surface area (Å²) >= 11 is 1.37. The summed E-state index contributed by atoms with van der Waals surface area (Å²) in [5, 5.41) is 2.86. The van der Waals surface area contributed by atoms with Crippen molar-refractivity contribution in [3.8, 4) is 0 Å². The van der Waals surface area contributed by atoms with Crippen LogP contribution in [-0.4, -0.2) is 86.6 Å². The van der Waals surface area contributed by atoms with E-state index < -0.39 is 11.7 Å². The first kappa shape index (κ1) is 23.3. The molecule has 1 aromatic carbocycles. The second-order valence-electron chi connectivity index (χ2n) is 9.01. The van der Waals surface area contributed by atoms with Crippen molar-refractivity contribution in [3.63, 3.8) is 0 Å². The molecule has 2 aliphatic heterocycles. The summed E-state index contributed by atoms with van der Waals surface area (Å²) in [5.74, 6) is 0.260. The first-order chi connectivity index (χ1) is 15.2. The van der Waals surface area contributed by atoms with E-state index in [1.165, 1.54) is 23.5 Å². The lowest BCUT2D eigenvalue weighted by Crippen LogP contribution is -2.46. The van der Waals surface area contributed by atoms with Gasteiger partial charge in [-0.1, -0.05) is 6.07 Å². The molecular weight excluding hydrogens is 437 g/mol. The van der Waals surface area contributed by atoms with Gasteiger partial charge in [-0.15, -0.1) is 11.3 Å². The minimum absolute atomic E-state index is 0.260. The molecule has 5 nitrogen and oxygen atoms in total. The molecule has 0 spiro atoms. The Labute approximate surface area is 191 Å². The van der Waals surface area contributed by atoms with Gasteiger partial charge in [0.25, 0.3) is 0 Å². The third kappa shape index (κ3) is 5.21. The van der Waals surface area contributed by atoms with Gasteiger partial charge >= 0.3 is 6.18 Å². The summed E-state index contributed by atoms with van der Waals surface area (Å²) in [6.45, 7) is 6.10. The lowest BCUT2D eigenvalue weighted by Gasteiger charge is -2.36. The van der Waals surface area contributed by atoms with Crippen LogP contribution in [0, 0.1) is 0 Å². The Bertz CT molecular complexity index is 937. The van der Waals surface area contributed by atoms with Crippen molar-refractivity contribution in [3.05, 3.63) is 29.1 Å². The minimum atomic E-state index is -4.31. The zero-order chi connectivity index (χ0) is 22.9. The van der Waals surface area contributed by atoms with Crippen LogP contribution in [0.1, 0.15) is 24.8 Å². The number of nitrogens with zero attached hydrogens (tertiary/aromatic N) is 4. The number of anilines is 1. The van der Waals surface area contributed by atoms with E-state index in [1.807, 2.05) is 10.3 Å². The number of likely N-dealkylation sites (tertiary alicyclic amines) is 1. The summed E-state index contributed by atoms with van der Waals surface area (Å²) in [6, 6.07) is 4.49. The van der Waals surface area contributed by atoms with Crippen molar-refractivity contribution in [2.45, 2.75) is 31.5 Å². The number of likely N-dealkylation sites (N-methyl/N-ethyl adjacent to an activating group) is 1. The Hall–Kier alpha value is -1.84. The highest BCUT2D eigenvalue weighted by atomic mass is 32.1. The van der Waals surface area contributed by atoms with Crippen molar-refractivity contribution >= 4 is 33.0 Å². The number of hydrogen-bond acceptors (Lipinski definition) is 5. The average molecular weight is 469 g/mol. The highest BCUT2D eigenvalue weighted by Gasteiger charge is 2.31. The third-order valence-corrected chi connectivity index (χ3v) is 7.64. The van der Waals surface area contributed by atoms with Gasteiger partial charge < -0.3 is 14.7 Å². The normalized spacial score (nSPS) is 20.6. The number of halogens is 3. The Morgan fingerprint density at radius 1 is 1.16 bits per heavy atom. The molecule has 1 aromatic heterocycles. The van der Waals surface area contributed by atoms with Gasteiger partial charge in [-0.2, -0.15) is 13.2 Å². The lowest BCUT2D eigenvalue weighted by atomic mass is 10.1. The zero-order valence-electron chi connectivity index (χ0n) is 18.7. The number of alkyl halides is 3. The molecule has 1 unspecified atom stereocenters. The van der Waals surface area contributed by atoms with Crippen molar-refractivity contribution in [1.29, 1.82) is 0 Å². The van der Waals surface area contributed by atoms with Crippen molar-refractivity contribution in [2.24, 2.45) is 0 Å². The fourth-order valence-electron chi connectivity index (χ4n) is 4.65. The molecule has 0 N–H and O–H groups in total. The van der Waals surface area contributed by atoms with Crippen LogP contribution in [0.5, 0.6) is 0 Å².